The highest BCUT2D eigenvalue weighted by atomic mass is 32.1. The Balaban J connectivity index is 1.66. The summed E-state index contributed by atoms with van der Waals surface area (Å²) < 4.78 is 5.65. The number of hydrogen-bond acceptors (Lipinski definition) is 4. The fourth-order valence-electron chi connectivity index (χ4n) is 6.97. The molecule has 4 aliphatic carbocycles. The molecular formula is C23H30O4S. The molecule has 0 N–H and O–H groups in total. The van der Waals surface area contributed by atoms with E-state index < -0.39 is 0 Å². The Hall–Kier alpha value is -1.36. The Labute approximate surface area is 172 Å². The number of fused-ring (bicyclic) bond motifs is 5. The number of allylic oxidation sites excluding steroid dienone is 4. The van der Waals surface area contributed by atoms with Gasteiger partial charge < -0.3 is 4.74 Å². The maximum absolute atomic E-state index is 12.4. The molecular weight excluding hydrogens is 372 g/mol. The second kappa shape index (κ2) is 7.16. The molecule has 3 saturated carbocycles. The van der Waals surface area contributed by atoms with Gasteiger partial charge in [0.2, 0.25) is 0 Å². The molecule has 0 aliphatic heterocycles. The van der Waals surface area contributed by atoms with E-state index in [1.807, 2.05) is 6.08 Å². The molecule has 0 radical (unpaired) electrons. The molecule has 0 aromatic carbocycles. The largest absolute Gasteiger partial charge is 0.465 e. The van der Waals surface area contributed by atoms with Gasteiger partial charge in [-0.05, 0) is 68.4 Å². The Morgan fingerprint density at radius 3 is 2.71 bits per heavy atom. The number of ketones is 1. The van der Waals surface area contributed by atoms with Crippen molar-refractivity contribution in [2.45, 2.75) is 58.8 Å². The van der Waals surface area contributed by atoms with E-state index in [0.717, 1.165) is 38.5 Å². The van der Waals surface area contributed by atoms with E-state index in [4.69, 9.17) is 4.74 Å². The molecule has 5 heteroatoms. The molecule has 0 aromatic heterocycles. The minimum absolute atomic E-state index is 0.0562. The van der Waals surface area contributed by atoms with Crippen molar-refractivity contribution in [3.05, 3.63) is 23.8 Å². The minimum Gasteiger partial charge on any atom is -0.465 e. The highest BCUT2D eigenvalue weighted by Gasteiger charge is 2.61. The van der Waals surface area contributed by atoms with Crippen molar-refractivity contribution in [1.82, 2.24) is 0 Å². The standard InChI is InChI=1S/C23H30O4S/c1-3-20(25)27-13-23-11-9-17-16(18(23)6-7-19(23)21(26)28)5-4-14-12-15(24)8-10-22(14,17)2/h8,10,12,16-19H,3-7,9,11,13H2,1-2H3,(H,26,28)/t16-,17+,18+,19-,22+,23-/m1/s1. The summed E-state index contributed by atoms with van der Waals surface area (Å²) in [6, 6.07) is 0. The van der Waals surface area contributed by atoms with Crippen LogP contribution in [0.4, 0.5) is 0 Å². The first-order valence-electron chi connectivity index (χ1n) is 10.6. The van der Waals surface area contributed by atoms with Crippen molar-refractivity contribution < 1.29 is 19.1 Å². The van der Waals surface area contributed by atoms with Crippen LogP contribution in [-0.4, -0.2) is 23.5 Å². The van der Waals surface area contributed by atoms with E-state index in [9.17, 15) is 14.4 Å². The zero-order chi connectivity index (χ0) is 20.1. The smallest absolute Gasteiger partial charge is 0.305 e. The first-order valence-corrected chi connectivity index (χ1v) is 11.1. The van der Waals surface area contributed by atoms with E-state index in [0.29, 0.717) is 30.8 Å². The monoisotopic (exact) mass is 402 g/mol. The maximum Gasteiger partial charge on any atom is 0.305 e. The lowest BCUT2D eigenvalue weighted by Gasteiger charge is -2.57. The first-order chi connectivity index (χ1) is 13.3. The van der Waals surface area contributed by atoms with Gasteiger partial charge in [-0.15, -0.1) is 12.6 Å². The van der Waals surface area contributed by atoms with E-state index >= 15 is 0 Å². The summed E-state index contributed by atoms with van der Waals surface area (Å²) in [5.74, 6) is 1.13. The van der Waals surface area contributed by atoms with Gasteiger partial charge in [0.25, 0.3) is 0 Å². The third-order valence-electron chi connectivity index (χ3n) is 8.36. The van der Waals surface area contributed by atoms with E-state index in [-0.39, 0.29) is 33.6 Å². The summed E-state index contributed by atoms with van der Waals surface area (Å²) in [5.41, 5.74) is 0.939. The number of carbonyl (C=O) groups is 3. The van der Waals surface area contributed by atoms with Crippen LogP contribution in [0.5, 0.6) is 0 Å². The topological polar surface area (TPSA) is 60.4 Å². The van der Waals surface area contributed by atoms with Crippen LogP contribution in [0.3, 0.4) is 0 Å². The molecule has 4 nitrogen and oxygen atoms in total. The highest BCUT2D eigenvalue weighted by Crippen LogP contribution is 2.66. The summed E-state index contributed by atoms with van der Waals surface area (Å²) in [6.45, 7) is 4.42. The Morgan fingerprint density at radius 1 is 1.21 bits per heavy atom. The molecule has 4 aliphatic rings. The van der Waals surface area contributed by atoms with Crippen LogP contribution in [-0.2, 0) is 19.1 Å². The number of hydrogen-bond donors (Lipinski definition) is 1. The first kappa shape index (κ1) is 19.9. The molecule has 0 unspecified atom stereocenters. The summed E-state index contributed by atoms with van der Waals surface area (Å²) >= 11 is 4.21. The Morgan fingerprint density at radius 2 is 2.00 bits per heavy atom. The molecule has 0 aromatic rings. The van der Waals surface area contributed by atoms with Gasteiger partial charge in [-0.1, -0.05) is 25.5 Å². The second-order valence-corrected chi connectivity index (χ2v) is 9.80. The normalized spacial score (nSPS) is 41.5. The highest BCUT2D eigenvalue weighted by molar-refractivity contribution is 7.96. The number of thiol groups is 1. The van der Waals surface area contributed by atoms with Crippen molar-refractivity contribution in [2.75, 3.05) is 6.61 Å². The van der Waals surface area contributed by atoms with Crippen LogP contribution in [0.15, 0.2) is 23.8 Å². The lowest BCUT2D eigenvalue weighted by atomic mass is 9.47. The number of carbonyl (C=O) groups excluding carboxylic acids is 3. The number of rotatable bonds is 4. The number of ether oxygens (including phenoxy) is 1. The molecule has 28 heavy (non-hydrogen) atoms. The third kappa shape index (κ3) is 2.92. The fraction of sp³-hybridized carbons (Fsp3) is 0.696. The van der Waals surface area contributed by atoms with Crippen molar-refractivity contribution in [2.24, 2.45) is 34.5 Å². The molecule has 0 bridgehead atoms. The van der Waals surface area contributed by atoms with E-state index in [1.165, 1.54) is 5.57 Å². The predicted octanol–water partition coefficient (Wildman–Crippen LogP) is 4.30. The average Bonchev–Trinajstić information content (AvgIpc) is 3.06. The van der Waals surface area contributed by atoms with Crippen LogP contribution in [0.2, 0.25) is 0 Å². The number of esters is 1. The summed E-state index contributed by atoms with van der Waals surface area (Å²) in [5, 5.41) is -0.0562. The van der Waals surface area contributed by atoms with E-state index in [1.54, 1.807) is 13.0 Å². The van der Waals surface area contributed by atoms with Crippen LogP contribution < -0.4 is 0 Å². The summed E-state index contributed by atoms with van der Waals surface area (Å²) in [6.07, 6.45) is 11.8. The van der Waals surface area contributed by atoms with Gasteiger partial charge in [-0.3, -0.25) is 14.4 Å². The van der Waals surface area contributed by atoms with Crippen LogP contribution in [0.1, 0.15) is 58.8 Å². The molecule has 4 rings (SSSR count). The van der Waals surface area contributed by atoms with Crippen LogP contribution in [0.25, 0.3) is 0 Å². The van der Waals surface area contributed by atoms with Crippen molar-refractivity contribution >= 4 is 29.5 Å². The predicted molar refractivity (Wildman–Crippen MR) is 110 cm³/mol. The lowest BCUT2D eigenvalue weighted by molar-refractivity contribution is -0.156. The maximum atomic E-state index is 12.4. The van der Waals surface area contributed by atoms with Gasteiger partial charge in [-0.2, -0.15) is 0 Å². The molecule has 152 valence electrons. The SMILES string of the molecule is CCC(=O)OC[C@]12CC[C@H]3[C@@H](CCC4=CC(=O)C=C[C@@]43C)[C@@H]1CC[C@@H]2C(=O)S. The molecule has 0 spiro atoms. The molecule has 0 heterocycles. The molecule has 0 amide bonds. The van der Waals surface area contributed by atoms with Gasteiger partial charge in [0.1, 0.15) is 0 Å². The van der Waals surface area contributed by atoms with Crippen molar-refractivity contribution in [3.8, 4) is 0 Å². The van der Waals surface area contributed by atoms with Crippen LogP contribution in [0, 0.1) is 34.5 Å². The van der Waals surface area contributed by atoms with Gasteiger partial charge >= 0.3 is 5.97 Å². The van der Waals surface area contributed by atoms with Gasteiger partial charge in [0.05, 0.1) is 6.61 Å². The van der Waals surface area contributed by atoms with Crippen molar-refractivity contribution in [1.29, 1.82) is 0 Å². The van der Waals surface area contributed by atoms with Gasteiger partial charge in [0, 0.05) is 23.2 Å². The minimum atomic E-state index is -0.267. The molecule has 6 atom stereocenters. The summed E-state index contributed by atoms with van der Waals surface area (Å²) in [7, 11) is 0. The Kier molecular flexibility index (Phi) is 5.09. The molecule has 3 fully saturated rings. The zero-order valence-electron chi connectivity index (χ0n) is 16.8. The summed E-state index contributed by atoms with van der Waals surface area (Å²) in [4.78, 5) is 36.2. The fourth-order valence-corrected chi connectivity index (χ4v) is 7.36. The third-order valence-corrected chi connectivity index (χ3v) is 8.67. The van der Waals surface area contributed by atoms with Crippen molar-refractivity contribution in [3.63, 3.8) is 0 Å². The quantitative estimate of drug-likeness (QED) is 0.563. The lowest BCUT2D eigenvalue weighted by Crippen LogP contribution is -2.53. The van der Waals surface area contributed by atoms with Crippen LogP contribution >= 0.6 is 12.6 Å². The van der Waals surface area contributed by atoms with Gasteiger partial charge in [0.15, 0.2) is 10.9 Å². The Bertz CT molecular complexity index is 769. The van der Waals surface area contributed by atoms with Gasteiger partial charge in [-0.25, -0.2) is 0 Å². The average molecular weight is 403 g/mol. The van der Waals surface area contributed by atoms with E-state index in [2.05, 4.69) is 25.6 Å². The second-order valence-electron chi connectivity index (χ2n) is 9.36. The zero-order valence-corrected chi connectivity index (χ0v) is 17.7. The molecule has 0 saturated heterocycles.